The molecular formula is C18H16IN3O3S. The number of rotatable bonds is 6. The first-order chi connectivity index (χ1) is 12.5. The van der Waals surface area contributed by atoms with E-state index in [-0.39, 0.29) is 23.9 Å². The smallest absolute Gasteiger partial charge is 0.287 e. The molecule has 1 N–H and O–H groups in total. The Morgan fingerprint density at radius 1 is 1.31 bits per heavy atom. The zero-order valence-corrected chi connectivity index (χ0v) is 16.9. The molecule has 26 heavy (non-hydrogen) atoms. The number of carbonyl (C=O) groups is 1. The van der Waals surface area contributed by atoms with E-state index in [9.17, 15) is 4.79 Å². The maximum absolute atomic E-state index is 12.2. The quantitative estimate of drug-likeness (QED) is 0.419. The molecule has 0 bridgehead atoms. The SMILES string of the molecule is Cc1cccc(OCc2nn(CC(=O)Nc3ccc(I)cc3)c(=S)o2)c1. The van der Waals surface area contributed by atoms with E-state index in [4.69, 9.17) is 21.4 Å². The fourth-order valence-electron chi connectivity index (χ4n) is 2.23. The Kier molecular flexibility index (Phi) is 6.04. The summed E-state index contributed by atoms with van der Waals surface area (Å²) in [5.41, 5.74) is 1.81. The number of amides is 1. The predicted octanol–water partition coefficient (Wildman–Crippen LogP) is 4.34. The largest absolute Gasteiger partial charge is 0.484 e. The summed E-state index contributed by atoms with van der Waals surface area (Å²) in [4.78, 5) is 12.3. The highest BCUT2D eigenvalue weighted by Crippen LogP contribution is 2.14. The van der Waals surface area contributed by atoms with Crippen molar-refractivity contribution in [3.63, 3.8) is 0 Å². The Hall–Kier alpha value is -2.20. The predicted molar refractivity (Wildman–Crippen MR) is 109 cm³/mol. The van der Waals surface area contributed by atoms with Gasteiger partial charge < -0.3 is 14.5 Å². The number of halogens is 1. The third kappa shape index (κ3) is 5.15. The summed E-state index contributed by atoms with van der Waals surface area (Å²) in [7, 11) is 0. The summed E-state index contributed by atoms with van der Waals surface area (Å²) < 4.78 is 13.5. The van der Waals surface area contributed by atoms with Gasteiger partial charge in [0.15, 0.2) is 6.61 Å². The molecule has 1 aromatic heterocycles. The number of anilines is 1. The van der Waals surface area contributed by atoms with Crippen LogP contribution < -0.4 is 10.1 Å². The summed E-state index contributed by atoms with van der Waals surface area (Å²) in [5, 5.41) is 7.00. The molecule has 0 saturated carbocycles. The summed E-state index contributed by atoms with van der Waals surface area (Å²) in [5.74, 6) is 0.803. The van der Waals surface area contributed by atoms with Gasteiger partial charge in [0.1, 0.15) is 12.3 Å². The van der Waals surface area contributed by atoms with Crippen LogP contribution in [0.3, 0.4) is 0 Å². The topological polar surface area (TPSA) is 69.3 Å². The minimum Gasteiger partial charge on any atom is -0.484 e. The zero-order chi connectivity index (χ0) is 18.5. The van der Waals surface area contributed by atoms with Crippen LogP contribution in [0.4, 0.5) is 5.69 Å². The van der Waals surface area contributed by atoms with Crippen LogP contribution in [0.5, 0.6) is 5.75 Å². The van der Waals surface area contributed by atoms with Gasteiger partial charge in [-0.3, -0.25) is 4.79 Å². The fraction of sp³-hybridized carbons (Fsp3) is 0.167. The third-order valence-electron chi connectivity index (χ3n) is 3.42. The van der Waals surface area contributed by atoms with Crippen LogP contribution in [0.2, 0.25) is 0 Å². The second-order valence-corrected chi connectivity index (χ2v) is 7.17. The van der Waals surface area contributed by atoms with Crippen LogP contribution in [-0.2, 0) is 17.9 Å². The number of carbonyl (C=O) groups excluding carboxylic acids is 1. The third-order valence-corrected chi connectivity index (χ3v) is 4.43. The molecule has 0 spiro atoms. The van der Waals surface area contributed by atoms with E-state index in [1.165, 1.54) is 4.68 Å². The molecule has 1 amide bonds. The lowest BCUT2D eigenvalue weighted by Gasteiger charge is -2.05. The molecule has 1 heterocycles. The molecule has 0 atom stereocenters. The summed E-state index contributed by atoms with van der Waals surface area (Å²) in [6, 6.07) is 15.2. The van der Waals surface area contributed by atoms with E-state index in [1.807, 2.05) is 55.5 Å². The normalized spacial score (nSPS) is 10.5. The first kappa shape index (κ1) is 18.6. The lowest BCUT2D eigenvalue weighted by atomic mass is 10.2. The van der Waals surface area contributed by atoms with Crippen LogP contribution in [0, 0.1) is 15.3 Å². The highest BCUT2D eigenvalue weighted by molar-refractivity contribution is 14.1. The Morgan fingerprint density at radius 3 is 2.81 bits per heavy atom. The van der Waals surface area contributed by atoms with Crippen molar-refractivity contribution in [1.82, 2.24) is 9.78 Å². The van der Waals surface area contributed by atoms with Gasteiger partial charge in [-0.05, 0) is 83.7 Å². The number of benzene rings is 2. The van der Waals surface area contributed by atoms with Crippen LogP contribution in [-0.4, -0.2) is 15.7 Å². The molecular weight excluding hydrogens is 465 g/mol. The number of nitrogens with one attached hydrogen (secondary N) is 1. The van der Waals surface area contributed by atoms with Crippen molar-refractivity contribution in [3.05, 3.63) is 68.4 Å². The number of aryl methyl sites for hydroxylation is 1. The van der Waals surface area contributed by atoms with E-state index in [0.717, 1.165) is 14.9 Å². The molecule has 3 rings (SSSR count). The maximum atomic E-state index is 12.2. The Labute approximate surface area is 169 Å². The van der Waals surface area contributed by atoms with Crippen LogP contribution in [0.15, 0.2) is 52.9 Å². The molecule has 0 radical (unpaired) electrons. The van der Waals surface area contributed by atoms with Gasteiger partial charge in [0.05, 0.1) is 0 Å². The van der Waals surface area contributed by atoms with Gasteiger partial charge in [-0.2, -0.15) is 0 Å². The Morgan fingerprint density at radius 2 is 2.08 bits per heavy atom. The number of hydrogen-bond donors (Lipinski definition) is 1. The maximum Gasteiger partial charge on any atom is 0.287 e. The molecule has 134 valence electrons. The molecule has 0 unspecified atom stereocenters. The standard InChI is InChI=1S/C18H16IN3O3S/c1-12-3-2-4-15(9-12)24-11-17-21-22(18(26)25-17)10-16(23)20-14-7-5-13(19)6-8-14/h2-9H,10-11H2,1H3,(H,20,23). The van der Waals surface area contributed by atoms with Gasteiger partial charge in [-0.1, -0.05) is 12.1 Å². The summed E-state index contributed by atoms with van der Waals surface area (Å²) in [6.07, 6.45) is 0. The first-order valence-electron chi connectivity index (χ1n) is 7.81. The van der Waals surface area contributed by atoms with Gasteiger partial charge in [0.2, 0.25) is 5.91 Å². The molecule has 0 aliphatic rings. The van der Waals surface area contributed by atoms with Crippen molar-refractivity contribution in [3.8, 4) is 5.75 Å². The second kappa shape index (κ2) is 8.45. The number of ether oxygens (including phenoxy) is 1. The fourth-order valence-corrected chi connectivity index (χ4v) is 2.79. The van der Waals surface area contributed by atoms with Crippen molar-refractivity contribution >= 4 is 46.4 Å². The average Bonchev–Trinajstić information content (AvgIpc) is 2.95. The van der Waals surface area contributed by atoms with Gasteiger partial charge in [-0.15, -0.1) is 5.10 Å². The molecule has 2 aromatic carbocycles. The van der Waals surface area contributed by atoms with E-state index in [1.54, 1.807) is 0 Å². The minimum absolute atomic E-state index is 0.0290. The highest BCUT2D eigenvalue weighted by Gasteiger charge is 2.11. The lowest BCUT2D eigenvalue weighted by molar-refractivity contribution is -0.117. The number of aromatic nitrogens is 2. The average molecular weight is 481 g/mol. The Balaban J connectivity index is 1.59. The zero-order valence-electron chi connectivity index (χ0n) is 13.9. The number of hydrogen-bond acceptors (Lipinski definition) is 5. The molecule has 8 heteroatoms. The Bertz CT molecular complexity index is 966. The van der Waals surface area contributed by atoms with E-state index >= 15 is 0 Å². The molecule has 0 aliphatic carbocycles. The van der Waals surface area contributed by atoms with E-state index in [2.05, 4.69) is 33.0 Å². The summed E-state index contributed by atoms with van der Waals surface area (Å²) in [6.45, 7) is 2.09. The van der Waals surface area contributed by atoms with Crippen molar-refractivity contribution in [2.75, 3.05) is 5.32 Å². The number of nitrogens with zero attached hydrogens (tertiary/aromatic N) is 2. The minimum atomic E-state index is -0.234. The highest BCUT2D eigenvalue weighted by atomic mass is 127. The van der Waals surface area contributed by atoms with Gasteiger partial charge >= 0.3 is 0 Å². The van der Waals surface area contributed by atoms with Crippen molar-refractivity contribution in [1.29, 1.82) is 0 Å². The van der Waals surface area contributed by atoms with Crippen LogP contribution in [0.25, 0.3) is 0 Å². The van der Waals surface area contributed by atoms with Crippen LogP contribution >= 0.6 is 34.8 Å². The molecule has 0 fully saturated rings. The van der Waals surface area contributed by atoms with E-state index < -0.39 is 0 Å². The first-order valence-corrected chi connectivity index (χ1v) is 9.30. The van der Waals surface area contributed by atoms with Gasteiger partial charge in [0, 0.05) is 9.26 Å². The lowest BCUT2D eigenvalue weighted by Crippen LogP contribution is -2.19. The van der Waals surface area contributed by atoms with E-state index in [0.29, 0.717) is 11.6 Å². The van der Waals surface area contributed by atoms with Crippen molar-refractivity contribution in [2.24, 2.45) is 0 Å². The summed E-state index contributed by atoms with van der Waals surface area (Å²) >= 11 is 7.33. The van der Waals surface area contributed by atoms with Gasteiger partial charge in [-0.25, -0.2) is 4.68 Å². The molecule has 6 nitrogen and oxygen atoms in total. The van der Waals surface area contributed by atoms with Crippen molar-refractivity contribution in [2.45, 2.75) is 20.1 Å². The molecule has 0 saturated heterocycles. The van der Waals surface area contributed by atoms with Crippen molar-refractivity contribution < 1.29 is 13.9 Å². The second-order valence-electron chi connectivity index (χ2n) is 5.58. The van der Waals surface area contributed by atoms with Crippen LogP contribution in [0.1, 0.15) is 11.5 Å². The monoisotopic (exact) mass is 481 g/mol. The van der Waals surface area contributed by atoms with Gasteiger partial charge in [0.25, 0.3) is 10.7 Å². The molecule has 0 aliphatic heterocycles. The molecule has 3 aromatic rings.